The average molecular weight is 424 g/mol. The van der Waals surface area contributed by atoms with E-state index in [1.165, 1.54) is 16.4 Å². The first-order chi connectivity index (χ1) is 13.4. The maximum absolute atomic E-state index is 12.8. The van der Waals surface area contributed by atoms with E-state index in [9.17, 15) is 18.0 Å². The fraction of sp³-hybridized carbons (Fsp3) is 0.619. The van der Waals surface area contributed by atoms with Crippen molar-refractivity contribution in [3.8, 4) is 0 Å². The zero-order chi connectivity index (χ0) is 21.8. The predicted octanol–water partition coefficient (Wildman–Crippen LogP) is 2.99. The van der Waals surface area contributed by atoms with E-state index in [2.05, 4.69) is 17.6 Å². The molecule has 1 fully saturated rings. The molecule has 2 rings (SSSR count). The maximum Gasteiger partial charge on any atom is 0.246 e. The molecule has 8 heteroatoms. The van der Waals surface area contributed by atoms with Crippen molar-refractivity contribution in [2.45, 2.75) is 64.8 Å². The van der Waals surface area contributed by atoms with Crippen LogP contribution in [0, 0.1) is 11.3 Å². The van der Waals surface area contributed by atoms with Gasteiger partial charge >= 0.3 is 0 Å². The number of amides is 2. The largest absolute Gasteiger partial charge is 0.345 e. The number of hydrogen-bond donors (Lipinski definition) is 2. The Morgan fingerprint density at radius 1 is 1.14 bits per heavy atom. The summed E-state index contributed by atoms with van der Waals surface area (Å²) in [6.45, 7) is 10.7. The van der Waals surface area contributed by atoms with Gasteiger partial charge in [0.25, 0.3) is 0 Å². The normalized spacial score (nSPS) is 17.6. The number of piperidine rings is 1. The van der Waals surface area contributed by atoms with Crippen LogP contribution in [0.25, 0.3) is 0 Å². The van der Waals surface area contributed by atoms with Gasteiger partial charge in [0.15, 0.2) is 0 Å². The monoisotopic (exact) mass is 423 g/mol. The summed E-state index contributed by atoms with van der Waals surface area (Å²) in [6, 6.07) is 5.46. The van der Waals surface area contributed by atoms with Gasteiger partial charge in [-0.2, -0.15) is 4.31 Å². The lowest BCUT2D eigenvalue weighted by atomic mass is 9.92. The topological polar surface area (TPSA) is 95.6 Å². The van der Waals surface area contributed by atoms with Crippen molar-refractivity contribution in [2.24, 2.45) is 11.3 Å². The van der Waals surface area contributed by atoms with E-state index < -0.39 is 16.1 Å². The molecule has 2 N–H and O–H groups in total. The molecule has 2 amide bonds. The van der Waals surface area contributed by atoms with Gasteiger partial charge in [0.2, 0.25) is 21.8 Å². The molecule has 0 spiro atoms. The van der Waals surface area contributed by atoms with Gasteiger partial charge in [0.1, 0.15) is 6.04 Å². The van der Waals surface area contributed by atoms with Gasteiger partial charge in [0, 0.05) is 25.2 Å². The lowest BCUT2D eigenvalue weighted by Gasteiger charge is -2.29. The first kappa shape index (κ1) is 23.3. The van der Waals surface area contributed by atoms with E-state index in [4.69, 9.17) is 0 Å². The standard InChI is InChI=1S/C21H33N3O4S/c1-15-10-12-24(13-11-15)29(27,28)18-8-6-17(7-9-18)23-20(26)16(2)22-19(25)14-21(3,4)5/h6-9,15-16H,10-14H2,1-5H3,(H,22,25)(H,23,26)/t16-/m1/s1. The van der Waals surface area contributed by atoms with Crippen molar-refractivity contribution in [3.05, 3.63) is 24.3 Å². The van der Waals surface area contributed by atoms with E-state index in [0.717, 1.165) is 12.8 Å². The van der Waals surface area contributed by atoms with Gasteiger partial charge in [0.05, 0.1) is 4.90 Å². The number of anilines is 1. The predicted molar refractivity (Wildman–Crippen MR) is 114 cm³/mol. The molecule has 1 atom stereocenters. The van der Waals surface area contributed by atoms with Crippen LogP contribution < -0.4 is 10.6 Å². The number of carbonyl (C=O) groups is 2. The van der Waals surface area contributed by atoms with E-state index in [1.54, 1.807) is 19.1 Å². The average Bonchev–Trinajstić information content (AvgIpc) is 2.60. The van der Waals surface area contributed by atoms with E-state index in [0.29, 0.717) is 31.1 Å². The molecule has 1 aromatic rings. The summed E-state index contributed by atoms with van der Waals surface area (Å²) in [5.41, 5.74) is 0.326. The number of sulfonamides is 1. The van der Waals surface area contributed by atoms with Crippen LogP contribution in [0.4, 0.5) is 5.69 Å². The molecular formula is C21H33N3O4S. The smallest absolute Gasteiger partial charge is 0.246 e. The van der Waals surface area contributed by atoms with Crippen LogP contribution in [-0.2, 0) is 19.6 Å². The summed E-state index contributed by atoms with van der Waals surface area (Å²) in [5, 5.41) is 5.40. The van der Waals surface area contributed by atoms with Gasteiger partial charge in [-0.25, -0.2) is 8.42 Å². The summed E-state index contributed by atoms with van der Waals surface area (Å²) in [6.07, 6.45) is 2.06. The van der Waals surface area contributed by atoms with Gasteiger partial charge in [-0.15, -0.1) is 0 Å². The molecule has 1 aliphatic rings. The molecule has 1 aliphatic heterocycles. The molecule has 0 aromatic heterocycles. The third kappa shape index (κ3) is 6.82. The van der Waals surface area contributed by atoms with Gasteiger partial charge in [-0.1, -0.05) is 27.7 Å². The highest BCUT2D eigenvalue weighted by Gasteiger charge is 2.28. The maximum atomic E-state index is 12.8. The Hall–Kier alpha value is -1.93. The van der Waals surface area contributed by atoms with Crippen LogP contribution in [0.1, 0.15) is 53.9 Å². The van der Waals surface area contributed by atoms with Crippen LogP contribution in [0.15, 0.2) is 29.2 Å². The van der Waals surface area contributed by atoms with Crippen molar-refractivity contribution >= 4 is 27.5 Å². The highest BCUT2D eigenvalue weighted by Crippen LogP contribution is 2.24. The molecule has 1 saturated heterocycles. The van der Waals surface area contributed by atoms with E-state index in [-0.39, 0.29) is 22.1 Å². The Labute approximate surface area is 174 Å². The number of benzene rings is 1. The van der Waals surface area contributed by atoms with Gasteiger partial charge in [-0.05, 0) is 55.4 Å². The molecule has 0 aliphatic carbocycles. The fourth-order valence-corrected chi connectivity index (χ4v) is 4.64. The van der Waals surface area contributed by atoms with E-state index in [1.807, 2.05) is 20.8 Å². The third-order valence-corrected chi connectivity index (χ3v) is 6.88. The molecule has 0 saturated carbocycles. The Balaban J connectivity index is 1.96. The molecular weight excluding hydrogens is 390 g/mol. The lowest BCUT2D eigenvalue weighted by Crippen LogP contribution is -2.42. The molecule has 1 heterocycles. The second-order valence-electron chi connectivity index (χ2n) is 9.13. The third-order valence-electron chi connectivity index (χ3n) is 4.96. The molecule has 162 valence electrons. The van der Waals surface area contributed by atoms with Crippen LogP contribution in [0.3, 0.4) is 0 Å². The summed E-state index contributed by atoms with van der Waals surface area (Å²) in [4.78, 5) is 24.5. The molecule has 0 bridgehead atoms. The minimum Gasteiger partial charge on any atom is -0.345 e. The van der Waals surface area contributed by atoms with Crippen molar-refractivity contribution < 1.29 is 18.0 Å². The SMILES string of the molecule is CC1CCN(S(=O)(=O)c2ccc(NC(=O)[C@@H](C)NC(=O)CC(C)(C)C)cc2)CC1. The Bertz CT molecular complexity index is 820. The first-order valence-corrected chi connectivity index (χ1v) is 11.5. The highest BCUT2D eigenvalue weighted by atomic mass is 32.2. The number of carbonyl (C=O) groups excluding carboxylic acids is 2. The molecule has 1 aromatic carbocycles. The zero-order valence-corrected chi connectivity index (χ0v) is 18.8. The summed E-state index contributed by atoms with van der Waals surface area (Å²) >= 11 is 0. The van der Waals surface area contributed by atoms with Crippen molar-refractivity contribution in [3.63, 3.8) is 0 Å². The number of nitrogens with zero attached hydrogens (tertiary/aromatic N) is 1. The zero-order valence-electron chi connectivity index (χ0n) is 18.0. The summed E-state index contributed by atoms with van der Waals surface area (Å²) in [5.74, 6) is 0.00948. The number of hydrogen-bond acceptors (Lipinski definition) is 4. The minimum atomic E-state index is -3.52. The quantitative estimate of drug-likeness (QED) is 0.735. The summed E-state index contributed by atoms with van der Waals surface area (Å²) < 4.78 is 27.0. The second kappa shape index (κ2) is 9.26. The van der Waals surface area contributed by atoms with Gasteiger partial charge in [-0.3, -0.25) is 9.59 Å². The second-order valence-corrected chi connectivity index (χ2v) is 11.1. The number of rotatable bonds is 6. The van der Waals surface area contributed by atoms with Crippen LogP contribution in [0.5, 0.6) is 0 Å². The van der Waals surface area contributed by atoms with Crippen molar-refractivity contribution in [1.82, 2.24) is 9.62 Å². The Morgan fingerprint density at radius 3 is 2.21 bits per heavy atom. The molecule has 0 radical (unpaired) electrons. The number of nitrogens with one attached hydrogen (secondary N) is 2. The molecule has 29 heavy (non-hydrogen) atoms. The van der Waals surface area contributed by atoms with Crippen LogP contribution in [0.2, 0.25) is 0 Å². The lowest BCUT2D eigenvalue weighted by molar-refractivity contribution is -0.127. The Morgan fingerprint density at radius 2 is 1.69 bits per heavy atom. The minimum absolute atomic E-state index is 0.159. The molecule has 7 nitrogen and oxygen atoms in total. The first-order valence-electron chi connectivity index (χ1n) is 10.1. The van der Waals surface area contributed by atoms with Crippen molar-refractivity contribution in [2.75, 3.05) is 18.4 Å². The van der Waals surface area contributed by atoms with Gasteiger partial charge < -0.3 is 10.6 Å². The van der Waals surface area contributed by atoms with Crippen LogP contribution in [-0.4, -0.2) is 43.7 Å². The van der Waals surface area contributed by atoms with Crippen LogP contribution >= 0.6 is 0 Å². The van der Waals surface area contributed by atoms with Crippen molar-refractivity contribution in [1.29, 1.82) is 0 Å². The van der Waals surface area contributed by atoms with E-state index >= 15 is 0 Å². The molecule has 0 unspecified atom stereocenters. The Kier molecular flexibility index (Phi) is 7.45. The highest BCUT2D eigenvalue weighted by molar-refractivity contribution is 7.89. The fourth-order valence-electron chi connectivity index (χ4n) is 3.17. The summed E-state index contributed by atoms with van der Waals surface area (Å²) in [7, 11) is -3.52.